The minimum Gasteiger partial charge on any atom is -0.326 e. The quantitative estimate of drug-likeness (QED) is 0.600. The summed E-state index contributed by atoms with van der Waals surface area (Å²) in [6.07, 6.45) is 2.32. The molecule has 0 saturated heterocycles. The summed E-state index contributed by atoms with van der Waals surface area (Å²) >= 11 is 1.69. The third-order valence-electron chi connectivity index (χ3n) is 2.04. The summed E-state index contributed by atoms with van der Waals surface area (Å²) in [5, 5.41) is 0. The first-order valence-corrected chi connectivity index (χ1v) is 5.88. The van der Waals surface area contributed by atoms with Gasteiger partial charge >= 0.3 is 0 Å². The van der Waals surface area contributed by atoms with E-state index in [0.29, 0.717) is 5.56 Å². The van der Waals surface area contributed by atoms with Crippen LogP contribution in [0.3, 0.4) is 0 Å². The highest BCUT2D eigenvalue weighted by Crippen LogP contribution is 2.25. The standard InChI is InChI=1S/C11H16FNS/c1-2-3-7-14-11-6-4-5-10(12)9(11)8-13/h4-6H,2-3,7-8,13H2,1H3. The van der Waals surface area contributed by atoms with E-state index in [1.165, 1.54) is 12.5 Å². The Hall–Kier alpha value is -0.540. The van der Waals surface area contributed by atoms with E-state index >= 15 is 0 Å². The number of thioether (sulfide) groups is 1. The zero-order chi connectivity index (χ0) is 10.4. The maximum absolute atomic E-state index is 13.3. The molecule has 2 N–H and O–H groups in total. The molecule has 14 heavy (non-hydrogen) atoms. The molecule has 0 fully saturated rings. The van der Waals surface area contributed by atoms with Gasteiger partial charge in [0.1, 0.15) is 5.82 Å². The van der Waals surface area contributed by atoms with Crippen molar-refractivity contribution in [3.63, 3.8) is 0 Å². The van der Waals surface area contributed by atoms with Crippen molar-refractivity contribution in [3.05, 3.63) is 29.6 Å². The average molecular weight is 213 g/mol. The van der Waals surface area contributed by atoms with Gasteiger partial charge in [-0.1, -0.05) is 19.4 Å². The van der Waals surface area contributed by atoms with Gasteiger partial charge in [-0.2, -0.15) is 0 Å². The summed E-state index contributed by atoms with van der Waals surface area (Å²) < 4.78 is 13.3. The number of nitrogens with two attached hydrogens (primary N) is 1. The first kappa shape index (κ1) is 11.5. The Kier molecular flexibility index (Phi) is 4.98. The third-order valence-corrected chi connectivity index (χ3v) is 3.22. The molecule has 1 aromatic rings. The molecule has 1 aromatic carbocycles. The molecule has 1 rings (SSSR count). The molecule has 0 aromatic heterocycles. The molecule has 0 saturated carbocycles. The largest absolute Gasteiger partial charge is 0.326 e. The minimum absolute atomic E-state index is 0.186. The Morgan fingerprint density at radius 1 is 1.43 bits per heavy atom. The molecular formula is C11H16FNS. The second kappa shape index (κ2) is 6.04. The van der Waals surface area contributed by atoms with Crippen LogP contribution in [-0.2, 0) is 6.54 Å². The normalized spacial score (nSPS) is 10.5. The molecule has 0 spiro atoms. The molecule has 0 unspecified atom stereocenters. The molecule has 0 amide bonds. The molecule has 0 aliphatic carbocycles. The summed E-state index contributed by atoms with van der Waals surface area (Å²) in [6, 6.07) is 5.14. The van der Waals surface area contributed by atoms with Crippen molar-refractivity contribution in [2.45, 2.75) is 31.2 Å². The molecule has 0 aliphatic heterocycles. The van der Waals surface area contributed by atoms with Crippen LogP contribution in [0.4, 0.5) is 4.39 Å². The van der Waals surface area contributed by atoms with Crippen molar-refractivity contribution in [2.75, 3.05) is 5.75 Å². The molecule has 0 aliphatic rings. The molecule has 0 heterocycles. The van der Waals surface area contributed by atoms with Crippen LogP contribution in [0.2, 0.25) is 0 Å². The fourth-order valence-electron chi connectivity index (χ4n) is 1.20. The van der Waals surface area contributed by atoms with E-state index in [9.17, 15) is 4.39 Å². The second-order valence-electron chi connectivity index (χ2n) is 3.12. The van der Waals surface area contributed by atoms with Gasteiger partial charge in [-0.05, 0) is 24.3 Å². The molecule has 1 nitrogen and oxygen atoms in total. The van der Waals surface area contributed by atoms with Crippen LogP contribution in [-0.4, -0.2) is 5.75 Å². The lowest BCUT2D eigenvalue weighted by molar-refractivity contribution is 0.604. The van der Waals surface area contributed by atoms with Gasteiger partial charge in [0.15, 0.2) is 0 Å². The second-order valence-corrected chi connectivity index (χ2v) is 4.26. The van der Waals surface area contributed by atoms with Crippen molar-refractivity contribution in [1.29, 1.82) is 0 Å². The fourth-order valence-corrected chi connectivity index (χ4v) is 2.38. The van der Waals surface area contributed by atoms with Gasteiger partial charge < -0.3 is 5.73 Å². The zero-order valence-corrected chi connectivity index (χ0v) is 9.24. The molecule has 0 bridgehead atoms. The van der Waals surface area contributed by atoms with E-state index in [-0.39, 0.29) is 12.4 Å². The number of hydrogen-bond donors (Lipinski definition) is 1. The highest BCUT2D eigenvalue weighted by atomic mass is 32.2. The fraction of sp³-hybridized carbons (Fsp3) is 0.455. The van der Waals surface area contributed by atoms with Crippen LogP contribution in [0, 0.1) is 5.82 Å². The van der Waals surface area contributed by atoms with E-state index < -0.39 is 0 Å². The van der Waals surface area contributed by atoms with E-state index in [2.05, 4.69) is 6.92 Å². The lowest BCUT2D eigenvalue weighted by Gasteiger charge is -2.07. The average Bonchev–Trinajstić information content (AvgIpc) is 2.18. The van der Waals surface area contributed by atoms with Crippen LogP contribution in [0.15, 0.2) is 23.1 Å². The summed E-state index contributed by atoms with van der Waals surface area (Å²) in [5.41, 5.74) is 6.15. The highest BCUT2D eigenvalue weighted by Gasteiger charge is 2.06. The number of halogens is 1. The maximum Gasteiger partial charge on any atom is 0.128 e. The molecule has 3 heteroatoms. The number of benzene rings is 1. The Labute approximate surface area is 88.9 Å². The molecule has 0 radical (unpaired) electrons. The van der Waals surface area contributed by atoms with Gasteiger partial charge in [0, 0.05) is 17.0 Å². The lowest BCUT2D eigenvalue weighted by Crippen LogP contribution is -2.01. The summed E-state index contributed by atoms with van der Waals surface area (Å²) in [5.74, 6) is 0.849. The van der Waals surface area contributed by atoms with E-state index in [1.807, 2.05) is 6.07 Å². The van der Waals surface area contributed by atoms with Crippen molar-refractivity contribution in [1.82, 2.24) is 0 Å². The van der Waals surface area contributed by atoms with Crippen LogP contribution in [0.25, 0.3) is 0 Å². The van der Waals surface area contributed by atoms with Gasteiger partial charge in [0.05, 0.1) is 0 Å². The lowest BCUT2D eigenvalue weighted by atomic mass is 10.2. The first-order chi connectivity index (χ1) is 6.79. The van der Waals surface area contributed by atoms with Gasteiger partial charge in [-0.3, -0.25) is 0 Å². The smallest absolute Gasteiger partial charge is 0.128 e. The molecule has 0 atom stereocenters. The SMILES string of the molecule is CCCCSc1cccc(F)c1CN. The predicted molar refractivity (Wildman–Crippen MR) is 59.9 cm³/mol. The number of rotatable bonds is 5. The van der Waals surface area contributed by atoms with Gasteiger partial charge in [0.25, 0.3) is 0 Å². The van der Waals surface area contributed by atoms with Crippen molar-refractivity contribution < 1.29 is 4.39 Å². The predicted octanol–water partition coefficient (Wildman–Crippen LogP) is 3.18. The zero-order valence-electron chi connectivity index (χ0n) is 8.42. The van der Waals surface area contributed by atoms with Crippen molar-refractivity contribution >= 4 is 11.8 Å². The van der Waals surface area contributed by atoms with Gasteiger partial charge in [-0.15, -0.1) is 11.8 Å². The Morgan fingerprint density at radius 2 is 2.21 bits per heavy atom. The topological polar surface area (TPSA) is 26.0 Å². The van der Waals surface area contributed by atoms with Crippen molar-refractivity contribution in [2.24, 2.45) is 5.73 Å². The molecular weight excluding hydrogens is 197 g/mol. The summed E-state index contributed by atoms with van der Waals surface area (Å²) in [7, 11) is 0. The Bertz CT molecular complexity index is 289. The number of hydrogen-bond acceptors (Lipinski definition) is 2. The summed E-state index contributed by atoms with van der Waals surface area (Å²) in [4.78, 5) is 0.987. The first-order valence-electron chi connectivity index (χ1n) is 4.89. The number of unbranched alkanes of at least 4 members (excludes halogenated alkanes) is 1. The Morgan fingerprint density at radius 3 is 2.86 bits per heavy atom. The van der Waals surface area contributed by atoms with Crippen LogP contribution < -0.4 is 5.73 Å². The molecule has 78 valence electrons. The third kappa shape index (κ3) is 3.00. The van der Waals surface area contributed by atoms with E-state index in [1.54, 1.807) is 17.8 Å². The van der Waals surface area contributed by atoms with E-state index in [4.69, 9.17) is 5.73 Å². The minimum atomic E-state index is -0.186. The highest BCUT2D eigenvalue weighted by molar-refractivity contribution is 7.99. The van der Waals surface area contributed by atoms with Crippen LogP contribution in [0.1, 0.15) is 25.3 Å². The van der Waals surface area contributed by atoms with E-state index in [0.717, 1.165) is 17.1 Å². The van der Waals surface area contributed by atoms with Gasteiger partial charge in [-0.25, -0.2) is 4.39 Å². The van der Waals surface area contributed by atoms with Crippen LogP contribution >= 0.6 is 11.8 Å². The monoisotopic (exact) mass is 213 g/mol. The Balaban J connectivity index is 2.70. The summed E-state index contributed by atoms with van der Waals surface area (Å²) in [6.45, 7) is 2.43. The van der Waals surface area contributed by atoms with Gasteiger partial charge in [0.2, 0.25) is 0 Å². The van der Waals surface area contributed by atoms with Crippen molar-refractivity contribution in [3.8, 4) is 0 Å². The maximum atomic E-state index is 13.3. The van der Waals surface area contributed by atoms with Crippen LogP contribution in [0.5, 0.6) is 0 Å².